The van der Waals surface area contributed by atoms with Crippen molar-refractivity contribution >= 4 is 23.1 Å². The maximum absolute atomic E-state index is 13.1. The molecule has 0 aliphatic carbocycles. The molecule has 0 bridgehead atoms. The lowest BCUT2D eigenvalue weighted by Gasteiger charge is -2.26. The van der Waals surface area contributed by atoms with Gasteiger partial charge in [-0.2, -0.15) is 0 Å². The zero-order valence-electron chi connectivity index (χ0n) is 18.0. The van der Waals surface area contributed by atoms with Gasteiger partial charge in [0.25, 0.3) is 11.7 Å². The van der Waals surface area contributed by atoms with Gasteiger partial charge >= 0.3 is 0 Å². The molecule has 160 valence electrons. The summed E-state index contributed by atoms with van der Waals surface area (Å²) in [5, 5.41) is 11.4. The number of nitrogens with zero attached hydrogens (tertiary/aromatic N) is 5. The number of likely N-dealkylation sites (N-methyl/N-ethyl adjacent to an activating group) is 1. The lowest BCUT2D eigenvalue weighted by Crippen LogP contribution is -2.35. The Hall–Kier alpha value is -3.52. The Morgan fingerprint density at radius 2 is 1.97 bits per heavy atom. The van der Waals surface area contributed by atoms with Gasteiger partial charge in [-0.15, -0.1) is 0 Å². The van der Waals surface area contributed by atoms with Crippen molar-refractivity contribution < 1.29 is 14.7 Å². The Balaban J connectivity index is 1.94. The van der Waals surface area contributed by atoms with Crippen LogP contribution in [0.25, 0.3) is 11.4 Å². The average Bonchev–Trinajstić information content (AvgIpc) is 3.21. The number of Topliss-reactive ketones (excluding diaryl/α,β-unsaturated/α-hetero) is 1. The number of aliphatic hydroxyl groups excluding tert-OH is 1. The largest absolute Gasteiger partial charge is 0.505 e. The number of aliphatic hydroxyl groups is 1. The van der Waals surface area contributed by atoms with Crippen LogP contribution in [-0.2, 0) is 9.59 Å². The highest BCUT2D eigenvalue weighted by Gasteiger charge is 2.46. The van der Waals surface area contributed by atoms with Gasteiger partial charge < -0.3 is 14.9 Å². The number of aryl methyl sites for hydroxylation is 2. The topological polar surface area (TPSA) is 91.0 Å². The van der Waals surface area contributed by atoms with Crippen LogP contribution in [0.5, 0.6) is 0 Å². The molecule has 8 heteroatoms. The lowest BCUT2D eigenvalue weighted by molar-refractivity contribution is -0.140. The number of hydrogen-bond acceptors (Lipinski definition) is 6. The van der Waals surface area contributed by atoms with Crippen molar-refractivity contribution in [3.05, 3.63) is 70.9 Å². The maximum atomic E-state index is 13.1. The summed E-state index contributed by atoms with van der Waals surface area (Å²) in [7, 11) is 3.81. The molecule has 1 aliphatic rings. The van der Waals surface area contributed by atoms with E-state index < -0.39 is 17.7 Å². The predicted molar refractivity (Wildman–Crippen MR) is 116 cm³/mol. The Labute approximate surface area is 180 Å². The monoisotopic (exact) mass is 419 g/mol. The second-order valence-corrected chi connectivity index (χ2v) is 8.01. The quantitative estimate of drug-likeness (QED) is 0.388. The second-order valence-electron chi connectivity index (χ2n) is 8.01. The fourth-order valence-electron chi connectivity index (χ4n) is 4.03. The Kier molecular flexibility index (Phi) is 5.32. The van der Waals surface area contributed by atoms with Gasteiger partial charge in [0, 0.05) is 31.7 Å². The zero-order valence-corrected chi connectivity index (χ0v) is 18.0. The Morgan fingerprint density at radius 3 is 2.65 bits per heavy atom. The van der Waals surface area contributed by atoms with E-state index in [0.717, 1.165) is 5.56 Å². The summed E-state index contributed by atoms with van der Waals surface area (Å²) < 4.78 is 1.76. The maximum Gasteiger partial charge on any atom is 0.295 e. The number of carbonyl (C=O) groups is 2. The van der Waals surface area contributed by atoms with Crippen molar-refractivity contribution in [3.8, 4) is 0 Å². The normalized spacial score (nSPS) is 18.5. The molecule has 8 nitrogen and oxygen atoms in total. The molecule has 4 heterocycles. The van der Waals surface area contributed by atoms with Gasteiger partial charge in [0.1, 0.15) is 11.3 Å². The number of aromatic nitrogens is 3. The number of ketones is 1. The third-order valence-corrected chi connectivity index (χ3v) is 5.57. The van der Waals surface area contributed by atoms with Crippen LogP contribution in [0.3, 0.4) is 0 Å². The first-order valence-electron chi connectivity index (χ1n) is 10.1. The summed E-state index contributed by atoms with van der Waals surface area (Å²) >= 11 is 0. The van der Waals surface area contributed by atoms with Gasteiger partial charge in [-0.1, -0.05) is 12.1 Å². The van der Waals surface area contributed by atoms with Gasteiger partial charge in [0.15, 0.2) is 5.76 Å². The molecule has 0 spiro atoms. The highest BCUT2D eigenvalue weighted by atomic mass is 16.3. The highest BCUT2D eigenvalue weighted by Crippen LogP contribution is 2.39. The van der Waals surface area contributed by atoms with E-state index in [4.69, 9.17) is 0 Å². The molecule has 3 aromatic heterocycles. The van der Waals surface area contributed by atoms with Gasteiger partial charge in [-0.3, -0.25) is 19.0 Å². The average molecular weight is 419 g/mol. The number of amides is 1. The summed E-state index contributed by atoms with van der Waals surface area (Å²) in [5.74, 6) is -1.55. The van der Waals surface area contributed by atoms with E-state index in [1.54, 1.807) is 36.0 Å². The first kappa shape index (κ1) is 20.7. The first-order chi connectivity index (χ1) is 14.8. The number of carbonyl (C=O) groups excluding carboxylic acids is 2. The molecule has 0 aromatic carbocycles. The molecule has 0 unspecified atom stereocenters. The molecule has 4 rings (SSSR count). The van der Waals surface area contributed by atoms with E-state index in [9.17, 15) is 14.7 Å². The Morgan fingerprint density at radius 1 is 1.19 bits per heavy atom. The molecule has 0 saturated carbocycles. The fourth-order valence-corrected chi connectivity index (χ4v) is 4.03. The minimum Gasteiger partial charge on any atom is -0.505 e. The van der Waals surface area contributed by atoms with Gasteiger partial charge in [-0.25, -0.2) is 4.98 Å². The van der Waals surface area contributed by atoms with Crippen LogP contribution in [0.2, 0.25) is 0 Å². The van der Waals surface area contributed by atoms with Crippen LogP contribution in [0.1, 0.15) is 28.6 Å². The van der Waals surface area contributed by atoms with Crippen molar-refractivity contribution in [2.24, 2.45) is 0 Å². The summed E-state index contributed by atoms with van der Waals surface area (Å²) in [6.45, 7) is 4.64. The lowest BCUT2D eigenvalue weighted by atomic mass is 9.97. The number of hydrogen-bond donors (Lipinski definition) is 1. The predicted octanol–water partition coefficient (Wildman–Crippen LogP) is 2.33. The van der Waals surface area contributed by atoms with Crippen LogP contribution in [0.15, 0.2) is 48.4 Å². The van der Waals surface area contributed by atoms with Crippen LogP contribution in [0, 0.1) is 13.8 Å². The molecule has 1 atom stereocenters. The minimum atomic E-state index is -0.719. The minimum absolute atomic E-state index is 0.0585. The number of imidazole rings is 1. The van der Waals surface area contributed by atoms with Crippen LogP contribution < -0.4 is 0 Å². The van der Waals surface area contributed by atoms with Crippen molar-refractivity contribution in [1.82, 2.24) is 24.2 Å². The van der Waals surface area contributed by atoms with Crippen molar-refractivity contribution in [3.63, 3.8) is 0 Å². The van der Waals surface area contributed by atoms with Crippen LogP contribution in [-0.4, -0.2) is 68.2 Å². The number of likely N-dealkylation sites (tertiary alicyclic amines) is 1. The van der Waals surface area contributed by atoms with Crippen molar-refractivity contribution in [2.45, 2.75) is 19.9 Å². The molecule has 1 amide bonds. The fraction of sp³-hybridized carbons (Fsp3) is 0.304. The number of rotatable bonds is 5. The molecule has 1 saturated heterocycles. The third-order valence-electron chi connectivity index (χ3n) is 5.57. The number of pyridine rings is 2. The standard InChI is InChI=1S/C23H25N5O3/c1-14-7-6-10-27-18(15(2)25-22(14)27)20(29)17-19(16-8-5-9-24-13-16)28(12-11-26(3)4)23(31)21(17)30/h5-10,13,19,29H,11-12H2,1-4H3/b20-17+/t19-/m1/s1. The molecule has 1 fully saturated rings. The summed E-state index contributed by atoms with van der Waals surface area (Å²) in [6.07, 6.45) is 5.05. The SMILES string of the molecule is Cc1nc2c(C)cccn2c1/C(O)=C1\C(=O)C(=O)N(CCN(C)C)[C@@H]1c1cccnc1. The molecule has 1 N–H and O–H groups in total. The summed E-state index contributed by atoms with van der Waals surface area (Å²) in [6, 6.07) is 6.63. The van der Waals surface area contributed by atoms with Crippen LogP contribution >= 0.6 is 0 Å². The Bertz CT molecular complexity index is 1200. The van der Waals surface area contributed by atoms with E-state index >= 15 is 0 Å². The van der Waals surface area contributed by atoms with Gasteiger partial charge in [0.05, 0.1) is 17.3 Å². The zero-order chi connectivity index (χ0) is 22.3. The van der Waals surface area contributed by atoms with E-state index in [2.05, 4.69) is 9.97 Å². The molecule has 31 heavy (non-hydrogen) atoms. The molecular formula is C23H25N5O3. The number of fused-ring (bicyclic) bond motifs is 1. The van der Waals surface area contributed by atoms with Crippen LogP contribution in [0.4, 0.5) is 0 Å². The second kappa shape index (κ2) is 7.96. The van der Waals surface area contributed by atoms with E-state index in [1.165, 1.54) is 4.90 Å². The van der Waals surface area contributed by atoms with E-state index in [0.29, 0.717) is 35.7 Å². The molecule has 0 radical (unpaired) electrons. The smallest absolute Gasteiger partial charge is 0.295 e. The third kappa shape index (κ3) is 3.48. The molecule has 1 aliphatic heterocycles. The summed E-state index contributed by atoms with van der Waals surface area (Å²) in [5.41, 5.74) is 3.36. The van der Waals surface area contributed by atoms with Crippen molar-refractivity contribution in [2.75, 3.05) is 27.2 Å². The van der Waals surface area contributed by atoms with E-state index in [1.807, 2.05) is 44.1 Å². The van der Waals surface area contributed by atoms with Gasteiger partial charge in [0.2, 0.25) is 0 Å². The molecular weight excluding hydrogens is 394 g/mol. The molecule has 3 aromatic rings. The van der Waals surface area contributed by atoms with Crippen molar-refractivity contribution in [1.29, 1.82) is 0 Å². The highest BCUT2D eigenvalue weighted by molar-refractivity contribution is 6.46. The first-order valence-corrected chi connectivity index (χ1v) is 10.1. The summed E-state index contributed by atoms with van der Waals surface area (Å²) in [4.78, 5) is 38.3. The van der Waals surface area contributed by atoms with E-state index in [-0.39, 0.29) is 11.3 Å². The van der Waals surface area contributed by atoms with Gasteiger partial charge in [-0.05, 0) is 51.2 Å².